The molecular formula is C21H21N3O3. The summed E-state index contributed by atoms with van der Waals surface area (Å²) in [5.41, 5.74) is 3.10. The molecule has 0 bridgehead atoms. The summed E-state index contributed by atoms with van der Waals surface area (Å²) in [5.74, 6) is 1.69. The summed E-state index contributed by atoms with van der Waals surface area (Å²) in [5, 5.41) is 4.09. The van der Waals surface area contributed by atoms with Crippen LogP contribution in [0.2, 0.25) is 0 Å². The Hall–Kier alpha value is -3.15. The van der Waals surface area contributed by atoms with Gasteiger partial charge in [-0.2, -0.15) is 4.98 Å². The minimum Gasteiger partial charge on any atom is -0.496 e. The fourth-order valence-electron chi connectivity index (χ4n) is 3.34. The maximum Gasteiger partial charge on any atom is 0.232 e. The molecule has 1 aromatic heterocycles. The normalized spacial score (nSPS) is 16.7. The standard InChI is InChI=1S/C21H21N3O3/c1-14-7-9-15(10-8-14)12-24-13-16(11-19(24)25)21-22-20(23-27-21)17-5-3-4-6-18(17)26-2/h3-10,16H,11-13H2,1-2H3. The van der Waals surface area contributed by atoms with E-state index in [-0.39, 0.29) is 11.8 Å². The van der Waals surface area contributed by atoms with Gasteiger partial charge in [0, 0.05) is 19.5 Å². The summed E-state index contributed by atoms with van der Waals surface area (Å²) in [6.45, 7) is 3.24. The number of methoxy groups -OCH3 is 1. The Morgan fingerprint density at radius 1 is 1.19 bits per heavy atom. The lowest BCUT2D eigenvalue weighted by molar-refractivity contribution is -0.128. The van der Waals surface area contributed by atoms with Crippen LogP contribution < -0.4 is 4.74 Å². The summed E-state index contributed by atoms with van der Waals surface area (Å²) in [7, 11) is 1.61. The molecule has 0 N–H and O–H groups in total. The van der Waals surface area contributed by atoms with Gasteiger partial charge < -0.3 is 14.2 Å². The Kier molecular flexibility index (Phi) is 4.62. The molecule has 2 aromatic carbocycles. The first kappa shape index (κ1) is 17.3. The van der Waals surface area contributed by atoms with Crippen LogP contribution in [0.4, 0.5) is 0 Å². The predicted molar refractivity (Wildman–Crippen MR) is 100 cm³/mol. The zero-order chi connectivity index (χ0) is 18.8. The van der Waals surface area contributed by atoms with Gasteiger partial charge in [0.2, 0.25) is 17.6 Å². The van der Waals surface area contributed by atoms with Crippen molar-refractivity contribution in [2.75, 3.05) is 13.7 Å². The quantitative estimate of drug-likeness (QED) is 0.693. The zero-order valence-corrected chi connectivity index (χ0v) is 15.4. The molecule has 0 spiro atoms. The van der Waals surface area contributed by atoms with Gasteiger partial charge in [0.05, 0.1) is 18.6 Å². The van der Waals surface area contributed by atoms with Crippen LogP contribution in [0.15, 0.2) is 53.1 Å². The van der Waals surface area contributed by atoms with E-state index in [0.717, 1.165) is 11.1 Å². The van der Waals surface area contributed by atoms with Crippen LogP contribution in [0.5, 0.6) is 5.75 Å². The van der Waals surface area contributed by atoms with Gasteiger partial charge in [0.25, 0.3) is 0 Å². The molecule has 1 unspecified atom stereocenters. The van der Waals surface area contributed by atoms with Gasteiger partial charge in [-0.25, -0.2) is 0 Å². The molecule has 1 aliphatic rings. The molecule has 3 aromatic rings. The van der Waals surface area contributed by atoms with E-state index in [1.54, 1.807) is 7.11 Å². The number of carbonyl (C=O) groups is 1. The third kappa shape index (κ3) is 3.56. The molecule has 6 heteroatoms. The van der Waals surface area contributed by atoms with E-state index in [0.29, 0.717) is 37.0 Å². The topological polar surface area (TPSA) is 68.5 Å². The van der Waals surface area contributed by atoms with Crippen LogP contribution in [-0.4, -0.2) is 34.6 Å². The Bertz CT molecular complexity index is 949. The number of hydrogen-bond donors (Lipinski definition) is 0. The van der Waals surface area contributed by atoms with Gasteiger partial charge in [-0.05, 0) is 24.6 Å². The number of carbonyl (C=O) groups excluding carboxylic acids is 1. The van der Waals surface area contributed by atoms with Gasteiger partial charge in [0.15, 0.2) is 0 Å². The fraction of sp³-hybridized carbons (Fsp3) is 0.286. The highest BCUT2D eigenvalue weighted by molar-refractivity contribution is 5.79. The average Bonchev–Trinajstić information content (AvgIpc) is 3.31. The van der Waals surface area contributed by atoms with Crippen molar-refractivity contribution >= 4 is 5.91 Å². The van der Waals surface area contributed by atoms with E-state index in [1.807, 2.05) is 29.2 Å². The number of aromatic nitrogens is 2. The first-order valence-corrected chi connectivity index (χ1v) is 8.94. The summed E-state index contributed by atoms with van der Waals surface area (Å²) in [6.07, 6.45) is 0.388. The fourth-order valence-corrected chi connectivity index (χ4v) is 3.34. The van der Waals surface area contributed by atoms with Gasteiger partial charge in [-0.15, -0.1) is 0 Å². The van der Waals surface area contributed by atoms with Crippen molar-refractivity contribution in [3.05, 3.63) is 65.5 Å². The second-order valence-corrected chi connectivity index (χ2v) is 6.82. The first-order valence-electron chi connectivity index (χ1n) is 8.94. The van der Waals surface area contributed by atoms with Crippen molar-refractivity contribution in [1.82, 2.24) is 15.0 Å². The molecule has 0 radical (unpaired) electrons. The molecule has 0 aliphatic carbocycles. The van der Waals surface area contributed by atoms with Crippen LogP contribution in [-0.2, 0) is 11.3 Å². The number of likely N-dealkylation sites (tertiary alicyclic amines) is 1. The Morgan fingerprint density at radius 3 is 2.74 bits per heavy atom. The molecule has 6 nitrogen and oxygen atoms in total. The molecule has 1 atom stereocenters. The summed E-state index contributed by atoms with van der Waals surface area (Å²) >= 11 is 0. The van der Waals surface area contributed by atoms with E-state index in [1.165, 1.54) is 5.56 Å². The number of ether oxygens (including phenoxy) is 1. The van der Waals surface area contributed by atoms with E-state index < -0.39 is 0 Å². The molecule has 138 valence electrons. The number of rotatable bonds is 5. The van der Waals surface area contributed by atoms with E-state index in [9.17, 15) is 4.79 Å². The van der Waals surface area contributed by atoms with Gasteiger partial charge in [-0.3, -0.25) is 4.79 Å². The van der Waals surface area contributed by atoms with Crippen LogP contribution in [0, 0.1) is 6.92 Å². The molecule has 1 aliphatic heterocycles. The van der Waals surface area contributed by atoms with Gasteiger partial charge >= 0.3 is 0 Å². The molecule has 4 rings (SSSR count). The number of nitrogens with zero attached hydrogens (tertiary/aromatic N) is 3. The lowest BCUT2D eigenvalue weighted by Crippen LogP contribution is -2.24. The minimum absolute atomic E-state index is 0.0843. The lowest BCUT2D eigenvalue weighted by atomic mass is 10.1. The van der Waals surface area contributed by atoms with Crippen LogP contribution in [0.3, 0.4) is 0 Å². The second-order valence-electron chi connectivity index (χ2n) is 6.82. The second kappa shape index (κ2) is 7.23. The summed E-state index contributed by atoms with van der Waals surface area (Å²) in [6, 6.07) is 15.8. The van der Waals surface area contributed by atoms with Crippen LogP contribution in [0.25, 0.3) is 11.4 Å². The SMILES string of the molecule is COc1ccccc1-c1noc(C2CC(=O)N(Cc3ccc(C)cc3)C2)n1. The van der Waals surface area contributed by atoms with Gasteiger partial charge in [0.1, 0.15) is 5.75 Å². The van der Waals surface area contributed by atoms with Crippen molar-refractivity contribution in [1.29, 1.82) is 0 Å². The zero-order valence-electron chi connectivity index (χ0n) is 15.4. The van der Waals surface area contributed by atoms with E-state index in [4.69, 9.17) is 9.26 Å². The monoisotopic (exact) mass is 363 g/mol. The number of benzene rings is 2. The molecule has 1 fully saturated rings. The Morgan fingerprint density at radius 2 is 1.96 bits per heavy atom. The van der Waals surface area contributed by atoms with Crippen LogP contribution in [0.1, 0.15) is 29.4 Å². The molecule has 2 heterocycles. The highest BCUT2D eigenvalue weighted by Gasteiger charge is 2.34. The number of para-hydroxylation sites is 1. The number of aryl methyl sites for hydroxylation is 1. The summed E-state index contributed by atoms with van der Waals surface area (Å²) < 4.78 is 10.8. The number of amides is 1. The van der Waals surface area contributed by atoms with Crippen molar-refractivity contribution in [2.24, 2.45) is 0 Å². The molecule has 1 saturated heterocycles. The average molecular weight is 363 g/mol. The Labute approximate surface area is 157 Å². The smallest absolute Gasteiger partial charge is 0.232 e. The lowest BCUT2D eigenvalue weighted by Gasteiger charge is -2.16. The summed E-state index contributed by atoms with van der Waals surface area (Å²) in [4.78, 5) is 18.8. The van der Waals surface area contributed by atoms with Crippen LogP contribution >= 0.6 is 0 Å². The predicted octanol–water partition coefficient (Wildman–Crippen LogP) is 3.57. The molecule has 0 saturated carbocycles. The van der Waals surface area contributed by atoms with Crippen molar-refractivity contribution < 1.29 is 14.1 Å². The van der Waals surface area contributed by atoms with E-state index in [2.05, 4.69) is 41.3 Å². The molecule has 1 amide bonds. The third-order valence-electron chi connectivity index (χ3n) is 4.85. The largest absolute Gasteiger partial charge is 0.496 e. The minimum atomic E-state index is -0.0843. The third-order valence-corrected chi connectivity index (χ3v) is 4.85. The highest BCUT2D eigenvalue weighted by Crippen LogP contribution is 2.32. The van der Waals surface area contributed by atoms with Gasteiger partial charge in [-0.1, -0.05) is 47.1 Å². The van der Waals surface area contributed by atoms with Crippen molar-refractivity contribution in [3.8, 4) is 17.1 Å². The van der Waals surface area contributed by atoms with E-state index >= 15 is 0 Å². The number of hydrogen-bond acceptors (Lipinski definition) is 5. The van der Waals surface area contributed by atoms with Crippen molar-refractivity contribution in [3.63, 3.8) is 0 Å². The first-order chi connectivity index (χ1) is 13.1. The molecular weight excluding hydrogens is 342 g/mol. The maximum atomic E-state index is 12.4. The van der Waals surface area contributed by atoms with Crippen molar-refractivity contribution in [2.45, 2.75) is 25.8 Å². The Balaban J connectivity index is 1.49. The highest BCUT2D eigenvalue weighted by atomic mass is 16.5. The maximum absolute atomic E-state index is 12.4. The molecule has 27 heavy (non-hydrogen) atoms.